The second kappa shape index (κ2) is 4.54. The number of ether oxygens (including phenoxy) is 1. The Morgan fingerprint density at radius 3 is 2.93 bits per heavy atom. The maximum Gasteiger partial charge on any atom is 0.368 e. The van der Waals surface area contributed by atoms with Crippen LogP contribution in [0.1, 0.15) is 9.80 Å². The molecular formula is C8H12N4O2S. The molecule has 82 valence electrons. The van der Waals surface area contributed by atoms with Crippen LogP contribution in [0.4, 0.5) is 5.95 Å². The Hall–Kier alpha value is -1.21. The molecule has 7 heteroatoms. The quantitative estimate of drug-likeness (QED) is 0.703. The van der Waals surface area contributed by atoms with Crippen LogP contribution in [0.15, 0.2) is 0 Å². The second-order valence-electron chi connectivity index (χ2n) is 3.13. The van der Waals surface area contributed by atoms with Crippen LogP contribution in [-0.2, 0) is 4.74 Å². The molecule has 0 amide bonds. The number of hydrogen-bond donors (Lipinski definition) is 1. The standard InChI is InChI=1S/C8H12N4O2S/c1-14-7(13)6-10-8(11-15-6)12-4-2-9-3-5-12/h9H,2-5H2,1H3. The van der Waals surface area contributed by atoms with Crippen molar-refractivity contribution in [3.8, 4) is 0 Å². The average molecular weight is 228 g/mol. The van der Waals surface area contributed by atoms with E-state index in [1.54, 1.807) is 0 Å². The molecular weight excluding hydrogens is 216 g/mol. The van der Waals surface area contributed by atoms with E-state index in [-0.39, 0.29) is 0 Å². The minimum Gasteiger partial charge on any atom is -0.464 e. The third kappa shape index (κ3) is 2.24. The summed E-state index contributed by atoms with van der Waals surface area (Å²) in [4.78, 5) is 17.4. The molecule has 1 aliphatic rings. The molecule has 0 aromatic carbocycles. The minimum absolute atomic E-state index is 0.311. The molecule has 1 N–H and O–H groups in total. The van der Waals surface area contributed by atoms with Crippen molar-refractivity contribution in [1.82, 2.24) is 14.7 Å². The van der Waals surface area contributed by atoms with Crippen LogP contribution in [-0.4, -0.2) is 48.6 Å². The maximum atomic E-state index is 11.2. The third-order valence-electron chi connectivity index (χ3n) is 2.18. The lowest BCUT2D eigenvalue weighted by Gasteiger charge is -2.25. The van der Waals surface area contributed by atoms with Crippen LogP contribution < -0.4 is 10.2 Å². The second-order valence-corrected chi connectivity index (χ2v) is 3.88. The van der Waals surface area contributed by atoms with Crippen LogP contribution in [0, 0.1) is 0 Å². The monoisotopic (exact) mass is 228 g/mol. The summed E-state index contributed by atoms with van der Waals surface area (Å²) < 4.78 is 8.71. The number of hydrogen-bond acceptors (Lipinski definition) is 7. The summed E-state index contributed by atoms with van der Waals surface area (Å²) in [6.07, 6.45) is 0. The van der Waals surface area contributed by atoms with E-state index in [2.05, 4.69) is 24.3 Å². The van der Waals surface area contributed by atoms with Gasteiger partial charge in [-0.2, -0.15) is 9.36 Å². The Morgan fingerprint density at radius 1 is 1.53 bits per heavy atom. The largest absolute Gasteiger partial charge is 0.464 e. The molecule has 0 radical (unpaired) electrons. The van der Waals surface area contributed by atoms with Crippen molar-refractivity contribution in [2.24, 2.45) is 0 Å². The van der Waals surface area contributed by atoms with Crippen molar-refractivity contribution in [2.45, 2.75) is 0 Å². The van der Waals surface area contributed by atoms with E-state index >= 15 is 0 Å². The number of piperazine rings is 1. The first-order valence-corrected chi connectivity index (χ1v) is 5.46. The summed E-state index contributed by atoms with van der Waals surface area (Å²) in [5.74, 6) is 0.204. The summed E-state index contributed by atoms with van der Waals surface area (Å²) in [6, 6.07) is 0. The van der Waals surface area contributed by atoms with Crippen LogP contribution in [0.3, 0.4) is 0 Å². The maximum absolute atomic E-state index is 11.2. The summed E-state index contributed by atoms with van der Waals surface area (Å²) in [7, 11) is 1.34. The first-order valence-electron chi connectivity index (χ1n) is 4.69. The minimum atomic E-state index is -0.422. The zero-order valence-corrected chi connectivity index (χ0v) is 9.21. The molecule has 1 fully saturated rings. The van der Waals surface area contributed by atoms with E-state index < -0.39 is 5.97 Å². The van der Waals surface area contributed by atoms with Crippen molar-refractivity contribution >= 4 is 23.5 Å². The average Bonchev–Trinajstić information content (AvgIpc) is 2.78. The van der Waals surface area contributed by atoms with Gasteiger partial charge in [-0.15, -0.1) is 0 Å². The lowest BCUT2D eigenvalue weighted by Crippen LogP contribution is -2.44. The van der Waals surface area contributed by atoms with Crippen molar-refractivity contribution < 1.29 is 9.53 Å². The van der Waals surface area contributed by atoms with Gasteiger partial charge in [0.25, 0.3) is 0 Å². The van der Waals surface area contributed by atoms with Crippen molar-refractivity contribution in [1.29, 1.82) is 0 Å². The Bertz CT molecular complexity index is 348. The first-order chi connectivity index (χ1) is 7.31. The number of esters is 1. The van der Waals surface area contributed by atoms with Crippen molar-refractivity contribution in [3.05, 3.63) is 5.01 Å². The van der Waals surface area contributed by atoms with Gasteiger partial charge < -0.3 is 15.0 Å². The third-order valence-corrected chi connectivity index (χ3v) is 2.86. The lowest BCUT2D eigenvalue weighted by atomic mass is 10.4. The van der Waals surface area contributed by atoms with Gasteiger partial charge in [0.1, 0.15) is 0 Å². The van der Waals surface area contributed by atoms with Gasteiger partial charge in [-0.3, -0.25) is 0 Å². The molecule has 2 heterocycles. The Balaban J connectivity index is 2.08. The topological polar surface area (TPSA) is 67.3 Å². The Morgan fingerprint density at radius 2 is 2.27 bits per heavy atom. The number of carbonyl (C=O) groups excluding carboxylic acids is 1. The zero-order chi connectivity index (χ0) is 10.7. The molecule has 6 nitrogen and oxygen atoms in total. The smallest absolute Gasteiger partial charge is 0.368 e. The van der Waals surface area contributed by atoms with E-state index in [9.17, 15) is 4.79 Å². The Kier molecular flexibility index (Phi) is 3.12. The highest BCUT2D eigenvalue weighted by Gasteiger charge is 2.18. The van der Waals surface area contributed by atoms with E-state index in [4.69, 9.17) is 0 Å². The predicted octanol–water partition coefficient (Wildman–Crippen LogP) is -0.266. The fourth-order valence-corrected chi connectivity index (χ4v) is 1.98. The highest BCUT2D eigenvalue weighted by Crippen LogP contribution is 2.14. The van der Waals surface area contributed by atoms with Gasteiger partial charge in [-0.25, -0.2) is 4.79 Å². The molecule has 15 heavy (non-hydrogen) atoms. The number of aromatic nitrogens is 2. The number of carbonyl (C=O) groups is 1. The molecule has 0 saturated carbocycles. The van der Waals surface area contributed by atoms with Gasteiger partial charge in [0.05, 0.1) is 7.11 Å². The fourth-order valence-electron chi connectivity index (χ4n) is 1.38. The summed E-state index contributed by atoms with van der Waals surface area (Å²) in [5, 5.41) is 3.55. The molecule has 0 atom stereocenters. The van der Waals surface area contributed by atoms with Gasteiger partial charge in [0.15, 0.2) is 0 Å². The molecule has 2 rings (SSSR count). The van der Waals surface area contributed by atoms with Gasteiger partial charge in [0.2, 0.25) is 11.0 Å². The summed E-state index contributed by atoms with van der Waals surface area (Å²) >= 11 is 1.08. The van der Waals surface area contributed by atoms with Crippen LogP contribution in [0.2, 0.25) is 0 Å². The number of nitrogens with zero attached hydrogens (tertiary/aromatic N) is 3. The zero-order valence-electron chi connectivity index (χ0n) is 8.39. The highest BCUT2D eigenvalue weighted by atomic mass is 32.1. The summed E-state index contributed by atoms with van der Waals surface area (Å²) in [6.45, 7) is 3.59. The van der Waals surface area contributed by atoms with Crippen LogP contribution >= 0.6 is 11.5 Å². The van der Waals surface area contributed by atoms with Gasteiger partial charge >= 0.3 is 5.97 Å². The highest BCUT2D eigenvalue weighted by molar-refractivity contribution is 7.07. The number of rotatable bonds is 2. The molecule has 1 aliphatic heterocycles. The SMILES string of the molecule is COC(=O)c1nc(N2CCNCC2)ns1. The number of nitrogens with one attached hydrogen (secondary N) is 1. The van der Waals surface area contributed by atoms with Gasteiger partial charge in [-0.05, 0) is 11.5 Å². The van der Waals surface area contributed by atoms with Gasteiger partial charge in [0, 0.05) is 26.2 Å². The van der Waals surface area contributed by atoms with Crippen molar-refractivity contribution in [2.75, 3.05) is 38.2 Å². The Labute approximate surface area is 91.4 Å². The molecule has 1 aromatic rings. The normalized spacial score (nSPS) is 16.5. The first kappa shape index (κ1) is 10.3. The molecule has 1 aromatic heterocycles. The van der Waals surface area contributed by atoms with E-state index in [1.165, 1.54) is 7.11 Å². The molecule has 0 aliphatic carbocycles. The molecule has 1 saturated heterocycles. The van der Waals surface area contributed by atoms with Crippen LogP contribution in [0.25, 0.3) is 0 Å². The molecule has 0 bridgehead atoms. The number of methoxy groups -OCH3 is 1. The molecule has 0 spiro atoms. The molecule has 0 unspecified atom stereocenters. The van der Waals surface area contributed by atoms with Gasteiger partial charge in [-0.1, -0.05) is 0 Å². The lowest BCUT2D eigenvalue weighted by molar-refractivity contribution is 0.0600. The predicted molar refractivity (Wildman–Crippen MR) is 56.3 cm³/mol. The number of anilines is 1. The van der Waals surface area contributed by atoms with Crippen molar-refractivity contribution in [3.63, 3.8) is 0 Å². The van der Waals surface area contributed by atoms with E-state index in [0.29, 0.717) is 11.0 Å². The summed E-state index contributed by atoms with van der Waals surface area (Å²) in [5.41, 5.74) is 0. The van der Waals surface area contributed by atoms with Crippen LogP contribution in [0.5, 0.6) is 0 Å². The van der Waals surface area contributed by atoms with E-state index in [0.717, 1.165) is 37.7 Å². The van der Waals surface area contributed by atoms with E-state index in [1.807, 2.05) is 0 Å². The fraction of sp³-hybridized carbons (Fsp3) is 0.625.